The number of benzene rings is 1. The average Bonchev–Trinajstić information content (AvgIpc) is 2.68. The van der Waals surface area contributed by atoms with Crippen LogP contribution >= 0.6 is 34.8 Å². The molecular formula is C18H11Cl3F9NO3. The Balaban J connectivity index is 1.93. The normalized spacial score (nSPS) is 13.5. The van der Waals surface area contributed by atoms with Gasteiger partial charge in [0, 0.05) is 24.8 Å². The first kappa shape index (κ1) is 28.2. The zero-order chi connectivity index (χ0) is 25.9. The molecule has 34 heavy (non-hydrogen) atoms. The summed E-state index contributed by atoms with van der Waals surface area (Å²) >= 11 is 17.3. The molecule has 0 saturated carbocycles. The van der Waals surface area contributed by atoms with Crippen molar-refractivity contribution in [1.29, 1.82) is 0 Å². The number of nitrogens with zero attached hydrogens (tertiary/aromatic N) is 1. The highest BCUT2D eigenvalue weighted by Crippen LogP contribution is 2.41. The van der Waals surface area contributed by atoms with Crippen molar-refractivity contribution < 1.29 is 53.7 Å². The summed E-state index contributed by atoms with van der Waals surface area (Å²) in [7, 11) is 0. The van der Waals surface area contributed by atoms with Gasteiger partial charge in [0.05, 0.1) is 28.8 Å². The zero-order valence-electron chi connectivity index (χ0n) is 16.2. The van der Waals surface area contributed by atoms with E-state index in [9.17, 15) is 39.5 Å². The van der Waals surface area contributed by atoms with Crippen LogP contribution in [0.3, 0.4) is 0 Å². The first-order valence-electron chi connectivity index (χ1n) is 8.77. The van der Waals surface area contributed by atoms with Gasteiger partial charge in [-0.15, -0.1) is 0 Å². The smallest absolute Gasteiger partial charge is 0.439 e. The highest BCUT2D eigenvalue weighted by Gasteiger charge is 2.59. The summed E-state index contributed by atoms with van der Waals surface area (Å²) in [6, 6.07) is 1.91. The second-order valence-electron chi connectivity index (χ2n) is 6.34. The summed E-state index contributed by atoms with van der Waals surface area (Å²) in [6.45, 7) is -0.287. The Morgan fingerprint density at radius 1 is 0.824 bits per heavy atom. The molecule has 0 saturated heterocycles. The highest BCUT2D eigenvalue weighted by molar-refractivity contribution is 6.37. The third kappa shape index (κ3) is 7.51. The maximum Gasteiger partial charge on any atom is 0.439 e. The lowest BCUT2D eigenvalue weighted by molar-refractivity contribution is -0.304. The molecule has 0 aliphatic carbocycles. The Hall–Kier alpha value is -1.99. The maximum atomic E-state index is 13.4. The number of hydrogen-bond donors (Lipinski definition) is 0. The lowest BCUT2D eigenvalue weighted by atomic mass is 10.3. The first-order chi connectivity index (χ1) is 15.5. The van der Waals surface area contributed by atoms with Gasteiger partial charge >= 0.3 is 18.5 Å². The summed E-state index contributed by atoms with van der Waals surface area (Å²) in [5, 5.41) is -1.25. The van der Waals surface area contributed by atoms with E-state index in [1.54, 1.807) is 0 Å². The van der Waals surface area contributed by atoms with E-state index >= 15 is 0 Å². The molecule has 4 nitrogen and oxygen atoms in total. The second-order valence-corrected chi connectivity index (χ2v) is 7.56. The van der Waals surface area contributed by atoms with Crippen LogP contribution in [0.5, 0.6) is 17.4 Å². The Morgan fingerprint density at radius 3 is 1.88 bits per heavy atom. The van der Waals surface area contributed by atoms with Crippen LogP contribution in [0.25, 0.3) is 0 Å². The molecule has 0 radical (unpaired) electrons. The van der Waals surface area contributed by atoms with Crippen LogP contribution in [0, 0.1) is 0 Å². The van der Waals surface area contributed by atoms with E-state index in [0.717, 1.165) is 0 Å². The highest BCUT2D eigenvalue weighted by atomic mass is 35.5. The summed E-state index contributed by atoms with van der Waals surface area (Å²) < 4.78 is 128. The van der Waals surface area contributed by atoms with Crippen LogP contribution in [-0.4, -0.2) is 36.7 Å². The minimum atomic E-state index is -5.87. The Kier molecular flexibility index (Phi) is 8.92. The molecule has 0 spiro atoms. The molecule has 1 heterocycles. The number of halogens is 12. The van der Waals surface area contributed by atoms with Gasteiger partial charge in [-0.1, -0.05) is 34.8 Å². The van der Waals surface area contributed by atoms with Gasteiger partial charge in [-0.25, -0.2) is 9.37 Å². The van der Waals surface area contributed by atoms with E-state index < -0.39 is 46.0 Å². The lowest BCUT2D eigenvalue weighted by Crippen LogP contribution is -2.45. The van der Waals surface area contributed by atoms with Crippen LogP contribution < -0.4 is 14.2 Å². The maximum absolute atomic E-state index is 13.4. The summed E-state index contributed by atoms with van der Waals surface area (Å²) in [5.74, 6) is -1.47. The van der Waals surface area contributed by atoms with Gasteiger partial charge in [0.1, 0.15) is 10.8 Å². The van der Waals surface area contributed by atoms with E-state index in [1.165, 1.54) is 0 Å². The minimum Gasteiger partial charge on any atom is -0.490 e. The summed E-state index contributed by atoms with van der Waals surface area (Å²) in [4.78, 5) is 3.47. The van der Waals surface area contributed by atoms with E-state index in [4.69, 9.17) is 44.3 Å². The number of pyridine rings is 1. The van der Waals surface area contributed by atoms with E-state index in [2.05, 4.69) is 9.72 Å². The van der Waals surface area contributed by atoms with Gasteiger partial charge < -0.3 is 14.2 Å². The van der Waals surface area contributed by atoms with Crippen LogP contribution in [0.1, 0.15) is 12.0 Å². The fourth-order valence-corrected chi connectivity index (χ4v) is 3.02. The van der Waals surface area contributed by atoms with Gasteiger partial charge in [-0.05, 0) is 6.07 Å². The van der Waals surface area contributed by atoms with Crippen LogP contribution in [-0.2, 0) is 6.18 Å². The fraction of sp³-hybridized carbons (Fsp3) is 0.389. The lowest BCUT2D eigenvalue weighted by Gasteiger charge is -2.23. The zero-order valence-corrected chi connectivity index (χ0v) is 18.5. The predicted molar refractivity (Wildman–Crippen MR) is 103 cm³/mol. The molecule has 0 aliphatic rings. The standard InChI is InChI=1S/C18H11Cl3F9NO3/c19-10-5-9(34-18(29,30)15(22)17(26,27)28)6-11(20)13(10)32-2-1-3-33-14-12(21)4-8(7-31-14)16(23,24)25/h4-7,15H,1-3H2. The Bertz CT molecular complexity index is 980. The molecule has 1 aromatic carbocycles. The molecule has 0 bridgehead atoms. The second kappa shape index (κ2) is 10.7. The molecule has 0 amide bonds. The number of alkyl halides is 9. The SMILES string of the molecule is FC(C(F)(F)F)C(F)(F)Oc1cc(Cl)c(OCCCOc2ncc(C(F)(F)F)cc2Cl)c(Cl)c1. The molecular weight excluding hydrogens is 556 g/mol. The van der Waals surface area contributed by atoms with Gasteiger partial charge in [-0.2, -0.15) is 35.1 Å². The molecule has 2 rings (SSSR count). The molecule has 1 atom stereocenters. The van der Waals surface area contributed by atoms with Crippen LogP contribution in [0.15, 0.2) is 24.4 Å². The molecule has 0 fully saturated rings. The van der Waals surface area contributed by atoms with Crippen molar-refractivity contribution in [3.8, 4) is 17.4 Å². The molecule has 1 unspecified atom stereocenters. The number of ether oxygens (including phenoxy) is 3. The Labute approximate surface area is 200 Å². The molecule has 0 N–H and O–H groups in total. The van der Waals surface area contributed by atoms with Crippen LogP contribution in [0.4, 0.5) is 39.5 Å². The van der Waals surface area contributed by atoms with E-state index in [1.807, 2.05) is 0 Å². The monoisotopic (exact) mass is 565 g/mol. The first-order valence-corrected chi connectivity index (χ1v) is 9.90. The molecule has 16 heteroatoms. The molecule has 190 valence electrons. The van der Waals surface area contributed by atoms with Crippen molar-refractivity contribution >= 4 is 34.8 Å². The van der Waals surface area contributed by atoms with Gasteiger partial charge in [0.2, 0.25) is 5.88 Å². The fourth-order valence-electron chi connectivity index (χ4n) is 2.22. The largest absolute Gasteiger partial charge is 0.490 e. The molecule has 0 aliphatic heterocycles. The van der Waals surface area contributed by atoms with Gasteiger partial charge in [-0.3, -0.25) is 0 Å². The van der Waals surface area contributed by atoms with Crippen molar-refractivity contribution in [3.63, 3.8) is 0 Å². The number of aromatic nitrogens is 1. The summed E-state index contributed by atoms with van der Waals surface area (Å²) in [5.41, 5.74) is -1.07. The average molecular weight is 567 g/mol. The van der Waals surface area contributed by atoms with E-state index in [0.29, 0.717) is 24.4 Å². The van der Waals surface area contributed by atoms with Crippen molar-refractivity contribution in [1.82, 2.24) is 4.98 Å². The van der Waals surface area contributed by atoms with Crippen LogP contribution in [0.2, 0.25) is 15.1 Å². The van der Waals surface area contributed by atoms with Gasteiger partial charge in [0.15, 0.2) is 5.75 Å². The Morgan fingerprint density at radius 2 is 1.38 bits per heavy atom. The number of hydrogen-bond acceptors (Lipinski definition) is 4. The quantitative estimate of drug-likeness (QED) is 0.230. The molecule has 2 aromatic rings. The van der Waals surface area contributed by atoms with Gasteiger partial charge in [0.25, 0.3) is 6.17 Å². The minimum absolute atomic E-state index is 0.0944. The number of rotatable bonds is 9. The van der Waals surface area contributed by atoms with Crippen molar-refractivity contribution in [3.05, 3.63) is 45.0 Å². The van der Waals surface area contributed by atoms with Crippen molar-refractivity contribution in [2.45, 2.75) is 31.1 Å². The third-order valence-corrected chi connectivity index (χ3v) is 4.55. The topological polar surface area (TPSA) is 40.6 Å². The molecule has 1 aromatic heterocycles. The van der Waals surface area contributed by atoms with Crippen molar-refractivity contribution in [2.75, 3.05) is 13.2 Å². The third-order valence-electron chi connectivity index (χ3n) is 3.72. The predicted octanol–water partition coefficient (Wildman–Crippen LogP) is 7.78. The van der Waals surface area contributed by atoms with Crippen molar-refractivity contribution in [2.24, 2.45) is 0 Å². The summed E-state index contributed by atoms with van der Waals surface area (Å²) in [6.07, 6.45) is -19.7. The van der Waals surface area contributed by atoms with E-state index in [-0.39, 0.29) is 36.3 Å².